The molecule has 3 aromatic rings. The third kappa shape index (κ3) is 5.00. The van der Waals surface area contributed by atoms with Crippen molar-refractivity contribution in [2.24, 2.45) is 0 Å². The summed E-state index contributed by atoms with van der Waals surface area (Å²) in [5, 5.41) is 16.2. The zero-order chi connectivity index (χ0) is 19.4. The highest BCUT2D eigenvalue weighted by molar-refractivity contribution is 7.99. The van der Waals surface area contributed by atoms with E-state index >= 15 is 0 Å². The fourth-order valence-electron chi connectivity index (χ4n) is 2.47. The third-order valence-corrected chi connectivity index (χ3v) is 5.50. The molecule has 140 valence electrons. The molecule has 1 atom stereocenters. The lowest BCUT2D eigenvalue weighted by molar-refractivity contribution is -0.119. The molecular formula is C18H17Cl2N5OS. The first-order valence-electron chi connectivity index (χ1n) is 8.16. The van der Waals surface area contributed by atoms with Crippen LogP contribution in [0, 0.1) is 6.92 Å². The molecule has 0 aliphatic heterocycles. The number of carbonyl (C=O) groups is 1. The average Bonchev–Trinajstić information content (AvgIpc) is 3.11. The van der Waals surface area contributed by atoms with E-state index in [9.17, 15) is 4.79 Å². The minimum Gasteiger partial charge on any atom is -0.349 e. The molecule has 0 saturated heterocycles. The number of halogens is 2. The number of nitrogens with zero attached hydrogens (tertiary/aromatic N) is 4. The summed E-state index contributed by atoms with van der Waals surface area (Å²) in [6.45, 7) is 3.89. The van der Waals surface area contributed by atoms with E-state index in [0.29, 0.717) is 15.2 Å². The van der Waals surface area contributed by atoms with E-state index in [4.69, 9.17) is 23.2 Å². The van der Waals surface area contributed by atoms with E-state index in [1.807, 2.05) is 44.2 Å². The van der Waals surface area contributed by atoms with Crippen LogP contribution in [0.2, 0.25) is 10.0 Å². The van der Waals surface area contributed by atoms with Crippen molar-refractivity contribution in [1.29, 1.82) is 0 Å². The Labute approximate surface area is 171 Å². The van der Waals surface area contributed by atoms with Crippen LogP contribution in [-0.2, 0) is 4.79 Å². The van der Waals surface area contributed by atoms with Crippen molar-refractivity contribution in [3.63, 3.8) is 0 Å². The molecule has 1 N–H and O–H groups in total. The largest absolute Gasteiger partial charge is 0.349 e. The summed E-state index contributed by atoms with van der Waals surface area (Å²) >= 11 is 13.2. The molecule has 0 aliphatic carbocycles. The summed E-state index contributed by atoms with van der Waals surface area (Å²) in [5.41, 5.74) is 2.84. The summed E-state index contributed by atoms with van der Waals surface area (Å²) < 4.78 is 1.62. The number of nitrogens with one attached hydrogen (secondary N) is 1. The summed E-state index contributed by atoms with van der Waals surface area (Å²) in [7, 11) is 0. The van der Waals surface area contributed by atoms with E-state index in [0.717, 1.165) is 16.8 Å². The van der Waals surface area contributed by atoms with Gasteiger partial charge in [0.2, 0.25) is 11.1 Å². The summed E-state index contributed by atoms with van der Waals surface area (Å²) in [5.74, 6) is 0.0649. The van der Waals surface area contributed by atoms with Gasteiger partial charge in [0.05, 0.1) is 27.5 Å². The number of rotatable bonds is 6. The van der Waals surface area contributed by atoms with Crippen LogP contribution in [0.15, 0.2) is 47.6 Å². The number of aromatic nitrogens is 4. The van der Waals surface area contributed by atoms with Gasteiger partial charge in [-0.3, -0.25) is 4.79 Å². The maximum absolute atomic E-state index is 12.3. The lowest BCUT2D eigenvalue weighted by atomic mass is 10.1. The molecule has 3 rings (SSSR count). The van der Waals surface area contributed by atoms with E-state index < -0.39 is 0 Å². The first-order valence-corrected chi connectivity index (χ1v) is 9.90. The van der Waals surface area contributed by atoms with Gasteiger partial charge in [-0.2, -0.15) is 4.68 Å². The van der Waals surface area contributed by atoms with Crippen molar-refractivity contribution in [3.05, 3.63) is 63.6 Å². The van der Waals surface area contributed by atoms with Crippen molar-refractivity contribution < 1.29 is 4.79 Å². The van der Waals surface area contributed by atoms with Crippen molar-refractivity contribution in [3.8, 4) is 5.69 Å². The molecule has 0 saturated carbocycles. The fraction of sp³-hybridized carbons (Fsp3) is 0.222. The molecule has 0 fully saturated rings. The number of amides is 1. The summed E-state index contributed by atoms with van der Waals surface area (Å²) in [6, 6.07) is 12.9. The standard InChI is InChI=1S/C18H17Cl2N5OS/c1-11-4-3-5-14(8-11)25-18(22-23-24-25)27-10-17(26)21-12(2)13-6-7-15(19)16(20)9-13/h3-9,12H,10H2,1-2H3,(H,21,26). The highest BCUT2D eigenvalue weighted by atomic mass is 35.5. The van der Waals surface area contributed by atoms with Crippen molar-refractivity contribution in [2.75, 3.05) is 5.75 Å². The molecule has 0 aliphatic rings. The SMILES string of the molecule is Cc1cccc(-n2nnnc2SCC(=O)NC(C)c2ccc(Cl)c(Cl)c2)c1. The number of tetrazole rings is 1. The van der Waals surface area contributed by atoms with Crippen LogP contribution in [0.5, 0.6) is 0 Å². The predicted molar refractivity (Wildman–Crippen MR) is 108 cm³/mol. The number of aryl methyl sites for hydroxylation is 1. The van der Waals surface area contributed by atoms with Crippen LogP contribution in [0.4, 0.5) is 0 Å². The minimum atomic E-state index is -0.194. The molecular weight excluding hydrogens is 405 g/mol. The van der Waals surface area contributed by atoms with Crippen molar-refractivity contribution in [1.82, 2.24) is 25.5 Å². The summed E-state index contributed by atoms with van der Waals surface area (Å²) in [4.78, 5) is 12.3. The van der Waals surface area contributed by atoms with E-state index in [2.05, 4.69) is 20.8 Å². The zero-order valence-corrected chi connectivity index (χ0v) is 17.0. The van der Waals surface area contributed by atoms with Crippen molar-refractivity contribution in [2.45, 2.75) is 25.0 Å². The van der Waals surface area contributed by atoms with Gasteiger partial charge in [0.1, 0.15) is 0 Å². The number of thioether (sulfide) groups is 1. The molecule has 1 aromatic heterocycles. The molecule has 1 unspecified atom stereocenters. The van der Waals surface area contributed by atoms with Crippen LogP contribution in [-0.4, -0.2) is 31.9 Å². The quantitative estimate of drug-likeness (QED) is 0.602. The first-order chi connectivity index (χ1) is 12.9. The minimum absolute atomic E-state index is 0.127. The topological polar surface area (TPSA) is 72.7 Å². The molecule has 1 amide bonds. The maximum atomic E-state index is 12.3. The Bertz CT molecular complexity index is 962. The van der Waals surface area contributed by atoms with Gasteiger partial charge in [-0.1, -0.05) is 53.2 Å². The first kappa shape index (κ1) is 19.7. The smallest absolute Gasteiger partial charge is 0.230 e. The van der Waals surface area contributed by atoms with Gasteiger partial charge in [-0.25, -0.2) is 0 Å². The van der Waals surface area contributed by atoms with E-state index in [1.54, 1.807) is 16.8 Å². The second-order valence-corrected chi connectivity index (χ2v) is 7.72. The number of hydrogen-bond donors (Lipinski definition) is 1. The molecule has 27 heavy (non-hydrogen) atoms. The zero-order valence-electron chi connectivity index (χ0n) is 14.7. The third-order valence-electron chi connectivity index (χ3n) is 3.84. The Hall–Kier alpha value is -2.09. The lowest BCUT2D eigenvalue weighted by Gasteiger charge is -2.15. The molecule has 9 heteroatoms. The molecule has 6 nitrogen and oxygen atoms in total. The van der Waals surface area contributed by atoms with Crippen LogP contribution in [0.1, 0.15) is 24.1 Å². The molecule has 0 bridgehead atoms. The van der Waals surface area contributed by atoms with Gasteiger partial charge in [-0.15, -0.1) is 5.10 Å². The maximum Gasteiger partial charge on any atom is 0.230 e. The van der Waals surface area contributed by atoms with Gasteiger partial charge in [0.15, 0.2) is 0 Å². The molecule has 0 radical (unpaired) electrons. The summed E-state index contributed by atoms with van der Waals surface area (Å²) in [6.07, 6.45) is 0. The van der Waals surface area contributed by atoms with Gasteiger partial charge in [0, 0.05) is 0 Å². The Morgan fingerprint density at radius 1 is 1.22 bits per heavy atom. The Balaban J connectivity index is 1.61. The number of carbonyl (C=O) groups excluding carboxylic acids is 1. The Morgan fingerprint density at radius 3 is 2.78 bits per heavy atom. The number of benzene rings is 2. The number of hydrogen-bond acceptors (Lipinski definition) is 5. The fourth-order valence-corrected chi connectivity index (χ4v) is 3.48. The van der Waals surface area contributed by atoms with E-state index in [-0.39, 0.29) is 17.7 Å². The van der Waals surface area contributed by atoms with Crippen LogP contribution < -0.4 is 5.32 Å². The average molecular weight is 422 g/mol. The Kier molecular flexibility index (Phi) is 6.36. The highest BCUT2D eigenvalue weighted by Crippen LogP contribution is 2.26. The normalized spacial score (nSPS) is 12.0. The van der Waals surface area contributed by atoms with Crippen LogP contribution in [0.3, 0.4) is 0 Å². The van der Waals surface area contributed by atoms with Gasteiger partial charge in [-0.05, 0) is 59.7 Å². The van der Waals surface area contributed by atoms with Gasteiger partial charge >= 0.3 is 0 Å². The Morgan fingerprint density at radius 2 is 2.04 bits per heavy atom. The van der Waals surface area contributed by atoms with Crippen LogP contribution in [0.25, 0.3) is 5.69 Å². The second-order valence-electron chi connectivity index (χ2n) is 5.96. The van der Waals surface area contributed by atoms with E-state index in [1.165, 1.54) is 11.8 Å². The second kappa shape index (κ2) is 8.73. The molecule has 2 aromatic carbocycles. The highest BCUT2D eigenvalue weighted by Gasteiger charge is 2.14. The van der Waals surface area contributed by atoms with Crippen molar-refractivity contribution >= 4 is 40.9 Å². The lowest BCUT2D eigenvalue weighted by Crippen LogP contribution is -2.28. The molecule has 0 spiro atoms. The van der Waals surface area contributed by atoms with Crippen LogP contribution >= 0.6 is 35.0 Å². The monoisotopic (exact) mass is 421 g/mol. The van der Waals surface area contributed by atoms with Gasteiger partial charge < -0.3 is 5.32 Å². The predicted octanol–water partition coefficient (Wildman–Crippen LogP) is 4.25. The van der Waals surface area contributed by atoms with Gasteiger partial charge in [0.25, 0.3) is 0 Å². The molecule has 1 heterocycles.